The van der Waals surface area contributed by atoms with Crippen LogP contribution in [-0.2, 0) is 16.1 Å². The first kappa shape index (κ1) is 17.0. The van der Waals surface area contributed by atoms with Crippen LogP contribution in [0.2, 0.25) is 0 Å². The molecule has 1 fully saturated rings. The number of nitrogens with zero attached hydrogens (tertiary/aromatic N) is 2. The molecular weight excluding hydrogens is 322 g/mol. The molecule has 25 heavy (non-hydrogen) atoms. The van der Waals surface area contributed by atoms with Gasteiger partial charge in [-0.05, 0) is 43.2 Å². The first-order chi connectivity index (χ1) is 12.0. The summed E-state index contributed by atoms with van der Waals surface area (Å²) in [7, 11) is 1.61. The number of ether oxygens (including phenoxy) is 1. The van der Waals surface area contributed by atoms with Crippen molar-refractivity contribution in [2.45, 2.75) is 32.2 Å². The van der Waals surface area contributed by atoms with Crippen LogP contribution < -0.4 is 10.1 Å². The van der Waals surface area contributed by atoms with Crippen molar-refractivity contribution in [2.75, 3.05) is 7.11 Å². The van der Waals surface area contributed by atoms with Gasteiger partial charge >= 0.3 is 5.97 Å². The van der Waals surface area contributed by atoms with Gasteiger partial charge in [-0.1, -0.05) is 6.42 Å². The molecule has 1 aromatic heterocycles. The minimum atomic E-state index is -0.877. The summed E-state index contributed by atoms with van der Waals surface area (Å²) < 4.78 is 6.84. The molecule has 7 heteroatoms. The molecule has 0 bridgehead atoms. The molecule has 1 aliphatic rings. The summed E-state index contributed by atoms with van der Waals surface area (Å²) in [6, 6.07) is 9.30. The standard InChI is InChI=1S/C18H21N3O4/c1-25-15-5-3-14(4-6-15)21-10-7-13(20-21)12-19-16(22)11-18(17(23)24)8-2-9-18/h3-7,10H,2,8-9,11-12H2,1H3,(H,19,22)(H,23,24). The zero-order valence-electron chi connectivity index (χ0n) is 14.1. The van der Waals surface area contributed by atoms with Gasteiger partial charge < -0.3 is 15.2 Å². The fraction of sp³-hybridized carbons (Fsp3) is 0.389. The first-order valence-electron chi connectivity index (χ1n) is 8.21. The maximum Gasteiger partial charge on any atom is 0.310 e. The van der Waals surface area contributed by atoms with Gasteiger partial charge in [-0.3, -0.25) is 9.59 Å². The Morgan fingerprint density at radius 2 is 2.00 bits per heavy atom. The van der Waals surface area contributed by atoms with Gasteiger partial charge in [0.05, 0.1) is 30.5 Å². The normalized spacial score (nSPS) is 15.2. The Morgan fingerprint density at radius 1 is 1.28 bits per heavy atom. The van der Waals surface area contributed by atoms with Crippen LogP contribution in [0.15, 0.2) is 36.5 Å². The zero-order valence-corrected chi connectivity index (χ0v) is 14.1. The Morgan fingerprint density at radius 3 is 2.56 bits per heavy atom. The van der Waals surface area contributed by atoms with Gasteiger partial charge in [-0.25, -0.2) is 4.68 Å². The van der Waals surface area contributed by atoms with Crippen molar-refractivity contribution in [3.8, 4) is 11.4 Å². The van der Waals surface area contributed by atoms with Crippen molar-refractivity contribution >= 4 is 11.9 Å². The predicted molar refractivity (Wildman–Crippen MR) is 90.5 cm³/mol. The number of carbonyl (C=O) groups excluding carboxylic acids is 1. The summed E-state index contributed by atoms with van der Waals surface area (Å²) in [5, 5.41) is 16.5. The molecule has 7 nitrogen and oxygen atoms in total. The van der Waals surface area contributed by atoms with Gasteiger partial charge in [0.15, 0.2) is 0 Å². The van der Waals surface area contributed by atoms with Crippen LogP contribution in [0.25, 0.3) is 5.69 Å². The topological polar surface area (TPSA) is 93.5 Å². The van der Waals surface area contributed by atoms with Crippen LogP contribution in [0.3, 0.4) is 0 Å². The Labute approximate surface area is 145 Å². The number of hydrogen-bond donors (Lipinski definition) is 2. The molecule has 0 atom stereocenters. The smallest absolute Gasteiger partial charge is 0.310 e. The number of hydrogen-bond acceptors (Lipinski definition) is 4. The summed E-state index contributed by atoms with van der Waals surface area (Å²) >= 11 is 0. The fourth-order valence-electron chi connectivity index (χ4n) is 2.96. The molecule has 1 aliphatic carbocycles. The van der Waals surface area contributed by atoms with Gasteiger partial charge in [0.2, 0.25) is 5.91 Å². The highest BCUT2D eigenvalue weighted by molar-refractivity contribution is 5.85. The molecule has 0 saturated heterocycles. The largest absolute Gasteiger partial charge is 0.497 e. The van der Waals surface area contributed by atoms with E-state index in [9.17, 15) is 14.7 Å². The first-order valence-corrected chi connectivity index (χ1v) is 8.21. The zero-order chi connectivity index (χ0) is 17.9. The molecule has 0 unspecified atom stereocenters. The molecule has 0 radical (unpaired) electrons. The number of carbonyl (C=O) groups is 2. The third kappa shape index (κ3) is 3.65. The molecule has 1 aromatic carbocycles. The van der Waals surface area contributed by atoms with E-state index in [0.29, 0.717) is 18.5 Å². The molecule has 0 spiro atoms. The average Bonchev–Trinajstić information content (AvgIpc) is 3.05. The highest BCUT2D eigenvalue weighted by atomic mass is 16.5. The Balaban J connectivity index is 1.56. The minimum absolute atomic E-state index is 0.0293. The number of aromatic nitrogens is 2. The van der Waals surface area contributed by atoms with E-state index in [2.05, 4.69) is 10.4 Å². The number of carboxylic acids is 1. The summed E-state index contributed by atoms with van der Waals surface area (Å²) in [6.45, 7) is 0.275. The summed E-state index contributed by atoms with van der Waals surface area (Å²) in [5.74, 6) is -0.356. The van der Waals surface area contributed by atoms with E-state index in [0.717, 1.165) is 17.9 Å². The molecule has 0 aliphatic heterocycles. The van der Waals surface area contributed by atoms with Gasteiger partial charge in [0, 0.05) is 12.6 Å². The maximum atomic E-state index is 12.1. The van der Waals surface area contributed by atoms with Crippen molar-refractivity contribution < 1.29 is 19.4 Å². The lowest BCUT2D eigenvalue weighted by atomic mass is 9.66. The minimum Gasteiger partial charge on any atom is -0.497 e. The molecular formula is C18H21N3O4. The highest BCUT2D eigenvalue weighted by Crippen LogP contribution is 2.44. The van der Waals surface area contributed by atoms with Gasteiger partial charge in [0.1, 0.15) is 5.75 Å². The van der Waals surface area contributed by atoms with Crippen LogP contribution in [0.4, 0.5) is 0 Å². The van der Waals surface area contributed by atoms with Crippen molar-refractivity contribution in [3.63, 3.8) is 0 Å². The Bertz CT molecular complexity index is 763. The highest BCUT2D eigenvalue weighted by Gasteiger charge is 2.45. The molecule has 1 heterocycles. The second kappa shape index (κ2) is 6.96. The SMILES string of the molecule is COc1ccc(-n2ccc(CNC(=O)CC3(C(=O)O)CCC3)n2)cc1. The molecule has 1 amide bonds. The average molecular weight is 343 g/mol. The van der Waals surface area contributed by atoms with Gasteiger partial charge in [-0.15, -0.1) is 0 Å². The maximum absolute atomic E-state index is 12.1. The number of aliphatic carboxylic acids is 1. The van der Waals surface area contributed by atoms with Crippen molar-refractivity contribution in [1.82, 2.24) is 15.1 Å². The number of carboxylic acid groups (broad SMARTS) is 1. The number of amides is 1. The molecule has 2 N–H and O–H groups in total. The van der Waals surface area contributed by atoms with Crippen molar-refractivity contribution in [3.05, 3.63) is 42.2 Å². The van der Waals surface area contributed by atoms with Crippen LogP contribution in [-0.4, -0.2) is 33.9 Å². The number of methoxy groups -OCH3 is 1. The third-order valence-electron chi connectivity index (χ3n) is 4.71. The molecule has 3 rings (SSSR count). The lowest BCUT2D eigenvalue weighted by Gasteiger charge is -2.36. The monoisotopic (exact) mass is 343 g/mol. The van der Waals surface area contributed by atoms with E-state index in [1.165, 1.54) is 0 Å². The van der Waals surface area contributed by atoms with E-state index in [4.69, 9.17) is 4.74 Å². The van der Waals surface area contributed by atoms with E-state index in [1.807, 2.05) is 36.5 Å². The van der Waals surface area contributed by atoms with Crippen LogP contribution in [0, 0.1) is 5.41 Å². The van der Waals surface area contributed by atoms with Crippen molar-refractivity contribution in [1.29, 1.82) is 0 Å². The molecule has 2 aromatic rings. The van der Waals surface area contributed by atoms with Crippen LogP contribution >= 0.6 is 0 Å². The Kier molecular flexibility index (Phi) is 4.74. The predicted octanol–water partition coefficient (Wildman–Crippen LogP) is 2.14. The number of rotatable bonds is 7. The lowest BCUT2D eigenvalue weighted by Crippen LogP contribution is -2.42. The van der Waals surface area contributed by atoms with E-state index >= 15 is 0 Å². The van der Waals surface area contributed by atoms with Crippen LogP contribution in [0.5, 0.6) is 5.75 Å². The second-order valence-electron chi connectivity index (χ2n) is 6.34. The van der Waals surface area contributed by atoms with Gasteiger partial charge in [0.25, 0.3) is 0 Å². The number of benzene rings is 1. The number of nitrogens with one attached hydrogen (secondary N) is 1. The molecule has 132 valence electrons. The summed E-state index contributed by atoms with van der Waals surface area (Å²) in [5.41, 5.74) is 0.729. The summed E-state index contributed by atoms with van der Waals surface area (Å²) in [6.07, 6.45) is 3.85. The van der Waals surface area contributed by atoms with Crippen LogP contribution in [0.1, 0.15) is 31.4 Å². The molecule has 1 saturated carbocycles. The lowest BCUT2D eigenvalue weighted by molar-refractivity contribution is -0.157. The summed E-state index contributed by atoms with van der Waals surface area (Å²) in [4.78, 5) is 23.4. The fourth-order valence-corrected chi connectivity index (χ4v) is 2.96. The Hall–Kier alpha value is -2.83. The van der Waals surface area contributed by atoms with Gasteiger partial charge in [-0.2, -0.15) is 5.10 Å². The van der Waals surface area contributed by atoms with E-state index in [1.54, 1.807) is 11.8 Å². The van der Waals surface area contributed by atoms with Crippen molar-refractivity contribution in [2.24, 2.45) is 5.41 Å². The van der Waals surface area contributed by atoms with E-state index in [-0.39, 0.29) is 18.9 Å². The van der Waals surface area contributed by atoms with E-state index < -0.39 is 11.4 Å². The third-order valence-corrected chi connectivity index (χ3v) is 4.71. The second-order valence-corrected chi connectivity index (χ2v) is 6.34. The quantitative estimate of drug-likeness (QED) is 0.803.